The zero-order valence-corrected chi connectivity index (χ0v) is 10.3. The van der Waals surface area contributed by atoms with Crippen LogP contribution in [0.3, 0.4) is 0 Å². The van der Waals surface area contributed by atoms with Gasteiger partial charge in [-0.3, -0.25) is 0 Å². The molecular weight excluding hydrogens is 200 g/mol. The Morgan fingerprint density at radius 1 is 1.56 bits per heavy atom. The summed E-state index contributed by atoms with van der Waals surface area (Å²) in [7, 11) is 0. The molecule has 0 saturated heterocycles. The van der Waals surface area contributed by atoms with Gasteiger partial charge in [-0.15, -0.1) is 0 Å². The number of nitrogens with one attached hydrogen (secondary N) is 1. The highest BCUT2D eigenvalue weighted by atomic mass is 16.5. The molecule has 1 N–H and O–H groups in total. The van der Waals surface area contributed by atoms with Crippen molar-refractivity contribution in [3.05, 3.63) is 23.4 Å². The Morgan fingerprint density at radius 2 is 2.38 bits per heavy atom. The van der Waals surface area contributed by atoms with E-state index in [2.05, 4.69) is 37.1 Å². The van der Waals surface area contributed by atoms with E-state index in [1.54, 1.807) is 0 Å². The van der Waals surface area contributed by atoms with Crippen LogP contribution in [0.25, 0.3) is 0 Å². The molecule has 2 heterocycles. The van der Waals surface area contributed by atoms with Crippen molar-refractivity contribution in [1.82, 2.24) is 10.3 Å². The topological polar surface area (TPSA) is 34.1 Å². The van der Waals surface area contributed by atoms with E-state index in [1.807, 2.05) is 6.07 Å². The number of nitrogens with zero attached hydrogens (tertiary/aromatic N) is 1. The second-order valence-corrected chi connectivity index (χ2v) is 4.56. The highest BCUT2D eigenvalue weighted by Crippen LogP contribution is 2.24. The van der Waals surface area contributed by atoms with Crippen LogP contribution in [0, 0.1) is 0 Å². The first-order chi connectivity index (χ1) is 7.70. The molecule has 0 aliphatic carbocycles. The van der Waals surface area contributed by atoms with Crippen molar-refractivity contribution in [1.29, 1.82) is 0 Å². The van der Waals surface area contributed by atoms with E-state index in [-0.39, 0.29) is 6.10 Å². The van der Waals surface area contributed by atoms with Gasteiger partial charge in [-0.1, -0.05) is 19.9 Å². The van der Waals surface area contributed by atoms with E-state index in [0.29, 0.717) is 5.92 Å². The molecule has 0 fully saturated rings. The van der Waals surface area contributed by atoms with E-state index in [0.717, 1.165) is 25.4 Å². The summed E-state index contributed by atoms with van der Waals surface area (Å²) in [5.74, 6) is 1.24. The first kappa shape index (κ1) is 11.4. The first-order valence-electron chi connectivity index (χ1n) is 6.08. The number of ether oxygens (including phenoxy) is 1. The molecule has 3 nitrogen and oxygen atoms in total. The highest BCUT2D eigenvalue weighted by Gasteiger charge is 2.18. The zero-order chi connectivity index (χ0) is 11.5. The van der Waals surface area contributed by atoms with Gasteiger partial charge in [0.2, 0.25) is 5.88 Å². The molecule has 0 amide bonds. The smallest absolute Gasteiger partial charge is 0.213 e. The standard InChI is InChI=1S/C13H20N2O/c1-4-10(3)16-12-6-5-11-8-14-7-9(2)13(11)15-12/h5-6,9-10,14H,4,7-8H2,1-3H3. The molecule has 1 aromatic rings. The summed E-state index contributed by atoms with van der Waals surface area (Å²) >= 11 is 0. The van der Waals surface area contributed by atoms with Crippen molar-refractivity contribution in [3.63, 3.8) is 0 Å². The van der Waals surface area contributed by atoms with Gasteiger partial charge in [-0.05, 0) is 18.9 Å². The van der Waals surface area contributed by atoms with Crippen molar-refractivity contribution >= 4 is 0 Å². The molecular formula is C13H20N2O. The third-order valence-corrected chi connectivity index (χ3v) is 3.12. The average molecular weight is 220 g/mol. The summed E-state index contributed by atoms with van der Waals surface area (Å²) in [6, 6.07) is 4.10. The van der Waals surface area contributed by atoms with Gasteiger partial charge in [0.1, 0.15) is 0 Å². The summed E-state index contributed by atoms with van der Waals surface area (Å²) in [5.41, 5.74) is 2.50. The number of hydrogen-bond donors (Lipinski definition) is 1. The lowest BCUT2D eigenvalue weighted by Crippen LogP contribution is -2.27. The van der Waals surface area contributed by atoms with Gasteiger partial charge < -0.3 is 10.1 Å². The molecule has 2 atom stereocenters. The average Bonchev–Trinajstić information content (AvgIpc) is 2.30. The molecule has 16 heavy (non-hydrogen) atoms. The van der Waals surface area contributed by atoms with Gasteiger partial charge in [0, 0.05) is 25.1 Å². The fourth-order valence-corrected chi connectivity index (χ4v) is 1.94. The van der Waals surface area contributed by atoms with Crippen LogP contribution in [0.15, 0.2) is 12.1 Å². The predicted octanol–water partition coefficient (Wildman–Crippen LogP) is 2.47. The van der Waals surface area contributed by atoms with Gasteiger partial charge in [0.15, 0.2) is 0 Å². The monoisotopic (exact) mass is 220 g/mol. The number of pyridine rings is 1. The van der Waals surface area contributed by atoms with Crippen LogP contribution >= 0.6 is 0 Å². The van der Waals surface area contributed by atoms with Crippen LogP contribution in [0.4, 0.5) is 0 Å². The second-order valence-electron chi connectivity index (χ2n) is 4.56. The molecule has 1 aliphatic heterocycles. The third kappa shape index (κ3) is 2.35. The summed E-state index contributed by atoms with van der Waals surface area (Å²) in [6.45, 7) is 8.33. The molecule has 2 rings (SSSR count). The Morgan fingerprint density at radius 3 is 3.12 bits per heavy atom. The molecule has 0 bridgehead atoms. The number of fused-ring (bicyclic) bond motifs is 1. The predicted molar refractivity (Wildman–Crippen MR) is 64.7 cm³/mol. The van der Waals surface area contributed by atoms with Gasteiger partial charge in [-0.2, -0.15) is 0 Å². The van der Waals surface area contributed by atoms with Crippen LogP contribution in [0.5, 0.6) is 5.88 Å². The summed E-state index contributed by atoms with van der Waals surface area (Å²) in [6.07, 6.45) is 1.25. The Bertz CT molecular complexity index is 365. The minimum Gasteiger partial charge on any atom is -0.475 e. The molecule has 88 valence electrons. The third-order valence-electron chi connectivity index (χ3n) is 3.12. The van der Waals surface area contributed by atoms with Crippen molar-refractivity contribution in [2.75, 3.05) is 6.54 Å². The minimum atomic E-state index is 0.238. The Balaban J connectivity index is 2.20. The van der Waals surface area contributed by atoms with Crippen molar-refractivity contribution < 1.29 is 4.74 Å². The highest BCUT2D eigenvalue weighted by molar-refractivity contribution is 5.30. The van der Waals surface area contributed by atoms with Crippen molar-refractivity contribution in [2.45, 2.75) is 45.8 Å². The normalized spacial score (nSPS) is 21.3. The van der Waals surface area contributed by atoms with E-state index in [4.69, 9.17) is 4.74 Å². The van der Waals surface area contributed by atoms with Gasteiger partial charge in [-0.25, -0.2) is 4.98 Å². The largest absolute Gasteiger partial charge is 0.475 e. The second kappa shape index (κ2) is 4.83. The molecule has 0 spiro atoms. The van der Waals surface area contributed by atoms with Crippen molar-refractivity contribution in [3.8, 4) is 5.88 Å². The molecule has 3 heteroatoms. The molecule has 0 aromatic carbocycles. The van der Waals surface area contributed by atoms with Crippen LogP contribution in [0.2, 0.25) is 0 Å². The Hall–Kier alpha value is -1.09. The van der Waals surface area contributed by atoms with E-state index >= 15 is 0 Å². The summed E-state index contributed by atoms with van der Waals surface area (Å²) < 4.78 is 5.75. The Kier molecular flexibility index (Phi) is 3.44. The maximum Gasteiger partial charge on any atom is 0.213 e. The van der Waals surface area contributed by atoms with E-state index < -0.39 is 0 Å². The number of aromatic nitrogens is 1. The lowest BCUT2D eigenvalue weighted by molar-refractivity contribution is 0.207. The Labute approximate surface area is 97.2 Å². The molecule has 2 unspecified atom stereocenters. The van der Waals surface area contributed by atoms with Gasteiger partial charge >= 0.3 is 0 Å². The fourth-order valence-electron chi connectivity index (χ4n) is 1.94. The SMILES string of the molecule is CCC(C)Oc1ccc2c(n1)C(C)CNC2. The fraction of sp³-hybridized carbons (Fsp3) is 0.615. The maximum atomic E-state index is 5.75. The molecule has 1 aliphatic rings. The van der Waals surface area contributed by atoms with Crippen LogP contribution in [0.1, 0.15) is 44.4 Å². The molecule has 0 radical (unpaired) electrons. The van der Waals surface area contributed by atoms with E-state index in [1.165, 1.54) is 11.3 Å². The molecule has 0 saturated carbocycles. The zero-order valence-electron chi connectivity index (χ0n) is 10.3. The van der Waals surface area contributed by atoms with Gasteiger partial charge in [0.25, 0.3) is 0 Å². The lowest BCUT2D eigenvalue weighted by Gasteiger charge is -2.23. The lowest BCUT2D eigenvalue weighted by atomic mass is 9.98. The maximum absolute atomic E-state index is 5.75. The quantitative estimate of drug-likeness (QED) is 0.849. The van der Waals surface area contributed by atoms with Gasteiger partial charge in [0.05, 0.1) is 11.8 Å². The summed E-state index contributed by atoms with van der Waals surface area (Å²) in [4.78, 5) is 4.62. The molecule has 1 aromatic heterocycles. The van der Waals surface area contributed by atoms with Crippen LogP contribution < -0.4 is 10.1 Å². The number of hydrogen-bond acceptors (Lipinski definition) is 3. The van der Waals surface area contributed by atoms with Crippen molar-refractivity contribution in [2.24, 2.45) is 0 Å². The van der Waals surface area contributed by atoms with Crippen LogP contribution in [-0.2, 0) is 6.54 Å². The first-order valence-corrected chi connectivity index (χ1v) is 6.08. The van der Waals surface area contributed by atoms with Crippen LogP contribution in [-0.4, -0.2) is 17.6 Å². The number of rotatable bonds is 3. The minimum absolute atomic E-state index is 0.238. The van der Waals surface area contributed by atoms with E-state index in [9.17, 15) is 0 Å². The summed E-state index contributed by atoms with van der Waals surface area (Å²) in [5, 5.41) is 3.38.